The highest BCUT2D eigenvalue weighted by atomic mass is 32.3. The Kier molecular flexibility index (Phi) is 31.5. The minimum Gasteiger partial charge on any atom is -0.394 e. The minimum atomic E-state index is -5.12. The van der Waals surface area contributed by atoms with Crippen molar-refractivity contribution < 1.29 is 57.0 Å². The molecule has 1 aliphatic heterocycles. The lowest BCUT2D eigenvalue weighted by atomic mass is 9.99. The maximum absolute atomic E-state index is 13.0. The van der Waals surface area contributed by atoms with E-state index in [9.17, 15) is 38.7 Å². The Balaban J connectivity index is 2.50. The Morgan fingerprint density at radius 1 is 0.737 bits per heavy atom. The summed E-state index contributed by atoms with van der Waals surface area (Å²) in [7, 11) is -5.12. The van der Waals surface area contributed by atoms with Gasteiger partial charge in [-0.05, 0) is 51.4 Å². The maximum Gasteiger partial charge on any atom is 0.397 e. The molecular formula is C43H77NO12S. The highest BCUT2D eigenvalue weighted by Crippen LogP contribution is 2.26. The second-order valence-corrected chi connectivity index (χ2v) is 16.1. The molecule has 1 amide bonds. The summed E-state index contributed by atoms with van der Waals surface area (Å²) in [5.74, 6) is -0.719. The first-order chi connectivity index (χ1) is 27.4. The number of carbonyl (C=O) groups is 1. The molecule has 8 unspecified atom stereocenters. The normalized spacial score (nSPS) is 22.3. The van der Waals surface area contributed by atoms with Gasteiger partial charge in [0.25, 0.3) is 0 Å². The van der Waals surface area contributed by atoms with Crippen LogP contribution in [-0.4, -0.2) is 107 Å². The van der Waals surface area contributed by atoms with E-state index < -0.39 is 78.5 Å². The van der Waals surface area contributed by atoms with E-state index >= 15 is 0 Å². The third-order valence-corrected chi connectivity index (χ3v) is 10.4. The van der Waals surface area contributed by atoms with Gasteiger partial charge in [0.1, 0.15) is 30.5 Å². The first-order valence-corrected chi connectivity index (χ1v) is 23.0. The zero-order valence-electron chi connectivity index (χ0n) is 34.7. The Morgan fingerprint density at radius 3 is 1.88 bits per heavy atom. The van der Waals surface area contributed by atoms with E-state index in [1.165, 1.54) is 70.3 Å². The van der Waals surface area contributed by atoms with Crippen LogP contribution in [0.5, 0.6) is 0 Å². The number of unbranched alkanes of at least 4 members (excludes halogenated alkanes) is 16. The van der Waals surface area contributed by atoms with Crippen molar-refractivity contribution in [1.29, 1.82) is 0 Å². The molecular weight excluding hydrogens is 755 g/mol. The molecule has 0 aromatic carbocycles. The topological polar surface area (TPSA) is 212 Å². The maximum atomic E-state index is 13.0. The molecule has 1 fully saturated rings. The Morgan fingerprint density at radius 2 is 1.28 bits per heavy atom. The Labute approximate surface area is 343 Å². The Hall–Kier alpha value is -1.98. The van der Waals surface area contributed by atoms with Crippen LogP contribution in [0.4, 0.5) is 0 Å². The predicted octanol–water partition coefficient (Wildman–Crippen LogP) is 6.68. The van der Waals surface area contributed by atoms with E-state index in [-0.39, 0.29) is 6.42 Å². The van der Waals surface area contributed by atoms with Crippen LogP contribution in [0.25, 0.3) is 0 Å². The smallest absolute Gasteiger partial charge is 0.394 e. The molecule has 1 aliphatic rings. The number of nitrogens with one attached hydrogen (secondary N) is 1. The van der Waals surface area contributed by atoms with Gasteiger partial charge in [0, 0.05) is 0 Å². The fourth-order valence-corrected chi connectivity index (χ4v) is 7.01. The monoisotopic (exact) mass is 832 g/mol. The molecule has 1 heterocycles. The molecule has 14 heteroatoms. The van der Waals surface area contributed by atoms with Crippen LogP contribution in [0.2, 0.25) is 0 Å². The number of aliphatic hydroxyl groups excluding tert-OH is 5. The summed E-state index contributed by atoms with van der Waals surface area (Å²) < 4.78 is 47.3. The fraction of sp³-hybridized carbons (Fsp3) is 0.791. The number of allylic oxidation sites excluding steroid dienone is 7. The summed E-state index contributed by atoms with van der Waals surface area (Å²) in [6, 6.07) is -1.13. The number of ether oxygens (including phenoxy) is 2. The van der Waals surface area contributed by atoms with Gasteiger partial charge in [0.05, 0.1) is 25.4 Å². The molecule has 7 N–H and O–H groups in total. The number of amides is 1. The molecule has 0 saturated carbocycles. The summed E-state index contributed by atoms with van der Waals surface area (Å²) in [5.41, 5.74) is 0. The number of aliphatic hydroxyl groups is 5. The lowest BCUT2D eigenvalue weighted by Crippen LogP contribution is -2.61. The molecule has 57 heavy (non-hydrogen) atoms. The van der Waals surface area contributed by atoms with Gasteiger partial charge in [0.2, 0.25) is 5.91 Å². The minimum absolute atomic E-state index is 0.234. The quantitative estimate of drug-likeness (QED) is 0.0203. The first-order valence-electron chi connectivity index (χ1n) is 21.6. The summed E-state index contributed by atoms with van der Waals surface area (Å²) in [5, 5.41) is 54.9. The van der Waals surface area contributed by atoms with E-state index in [4.69, 9.17) is 14.0 Å². The fourth-order valence-electron chi connectivity index (χ4n) is 6.50. The lowest BCUT2D eigenvalue weighted by Gasteiger charge is -2.41. The molecule has 0 bridgehead atoms. The molecule has 332 valence electrons. The summed E-state index contributed by atoms with van der Waals surface area (Å²) >= 11 is 0. The number of rotatable bonds is 35. The molecule has 1 saturated heterocycles. The third kappa shape index (κ3) is 26.7. The van der Waals surface area contributed by atoms with E-state index in [0.717, 1.165) is 57.8 Å². The third-order valence-electron chi connectivity index (χ3n) is 9.95. The van der Waals surface area contributed by atoms with Crippen molar-refractivity contribution in [2.75, 3.05) is 13.2 Å². The molecule has 0 aromatic heterocycles. The molecule has 8 atom stereocenters. The second kappa shape index (κ2) is 33.8. The van der Waals surface area contributed by atoms with Crippen molar-refractivity contribution in [3.05, 3.63) is 48.6 Å². The molecule has 0 aliphatic carbocycles. The van der Waals surface area contributed by atoms with E-state index in [2.05, 4.69) is 59.8 Å². The average Bonchev–Trinajstić information content (AvgIpc) is 3.18. The molecule has 1 rings (SSSR count). The van der Waals surface area contributed by atoms with Gasteiger partial charge in [-0.25, -0.2) is 4.18 Å². The van der Waals surface area contributed by atoms with Gasteiger partial charge in [-0.2, -0.15) is 8.42 Å². The van der Waals surface area contributed by atoms with Crippen molar-refractivity contribution in [3.63, 3.8) is 0 Å². The standard InChI is InChI=1S/C43H77NO12S/c1-3-5-7-9-11-13-14-15-16-17-18-19-20-21-22-23-24-26-28-30-32-37(47)42(50)44-35(36(46)31-29-27-25-12-10-8-6-4-2)34-54-43-40(49)41(56-57(51,52)53)39(48)38(33-45)55-43/h5,7,10-13,29,31,35-41,43,45-49H,3-4,6,8-9,14-28,30,32-34H2,1-2H3,(H,44,50)(H,51,52,53)/b7-5-,12-10+,13-11-,31-29+. The van der Waals surface area contributed by atoms with Crippen molar-refractivity contribution in [2.45, 2.75) is 204 Å². The summed E-state index contributed by atoms with van der Waals surface area (Å²) in [6.45, 7) is 2.99. The number of hydrogen-bond acceptors (Lipinski definition) is 11. The highest BCUT2D eigenvalue weighted by Gasteiger charge is 2.48. The predicted molar refractivity (Wildman–Crippen MR) is 224 cm³/mol. The van der Waals surface area contributed by atoms with Crippen molar-refractivity contribution in [3.8, 4) is 0 Å². The first kappa shape index (κ1) is 53.0. The van der Waals surface area contributed by atoms with Crippen LogP contribution >= 0.6 is 0 Å². The van der Waals surface area contributed by atoms with Crippen molar-refractivity contribution in [1.82, 2.24) is 5.32 Å². The highest BCUT2D eigenvalue weighted by molar-refractivity contribution is 7.80. The lowest BCUT2D eigenvalue weighted by molar-refractivity contribution is -0.298. The average molecular weight is 832 g/mol. The largest absolute Gasteiger partial charge is 0.397 e. The van der Waals surface area contributed by atoms with Crippen LogP contribution in [0.15, 0.2) is 48.6 Å². The van der Waals surface area contributed by atoms with Gasteiger partial charge in [-0.3, -0.25) is 9.35 Å². The SMILES string of the molecule is CC/C=C\C/C=C\CCCCCCCCCCCCCCCC(O)C(=O)NC(COC1OC(CO)C(O)C(OS(=O)(=O)O)C1O)C(O)/C=C/CC/C=C/CCCC. The van der Waals surface area contributed by atoms with Gasteiger partial charge < -0.3 is 40.3 Å². The van der Waals surface area contributed by atoms with Crippen LogP contribution in [0.1, 0.15) is 155 Å². The summed E-state index contributed by atoms with van der Waals surface area (Å²) in [4.78, 5) is 13.0. The summed E-state index contributed by atoms with van der Waals surface area (Å²) in [6.07, 6.45) is 28.1. The molecule has 0 radical (unpaired) electrons. The van der Waals surface area contributed by atoms with Gasteiger partial charge in [-0.15, -0.1) is 0 Å². The Bertz CT molecular complexity index is 1230. The van der Waals surface area contributed by atoms with Crippen LogP contribution in [-0.2, 0) is 28.9 Å². The van der Waals surface area contributed by atoms with Crippen LogP contribution in [0, 0.1) is 0 Å². The zero-order chi connectivity index (χ0) is 42.2. The number of hydrogen-bond donors (Lipinski definition) is 7. The van der Waals surface area contributed by atoms with Gasteiger partial charge in [-0.1, -0.05) is 152 Å². The van der Waals surface area contributed by atoms with Gasteiger partial charge in [0.15, 0.2) is 6.29 Å². The number of carbonyl (C=O) groups excluding carboxylic acids is 1. The molecule has 0 spiro atoms. The van der Waals surface area contributed by atoms with E-state index in [1.54, 1.807) is 6.08 Å². The van der Waals surface area contributed by atoms with Crippen molar-refractivity contribution >= 4 is 16.3 Å². The van der Waals surface area contributed by atoms with E-state index in [1.807, 2.05) is 0 Å². The van der Waals surface area contributed by atoms with Gasteiger partial charge >= 0.3 is 10.4 Å². The van der Waals surface area contributed by atoms with Crippen LogP contribution < -0.4 is 5.32 Å². The molecule has 0 aromatic rings. The zero-order valence-corrected chi connectivity index (χ0v) is 35.6. The van der Waals surface area contributed by atoms with E-state index in [0.29, 0.717) is 12.8 Å². The van der Waals surface area contributed by atoms with Crippen molar-refractivity contribution in [2.24, 2.45) is 0 Å². The molecule has 13 nitrogen and oxygen atoms in total. The second-order valence-electron chi connectivity index (χ2n) is 15.0. The van der Waals surface area contributed by atoms with Crippen LogP contribution in [0.3, 0.4) is 0 Å².